The van der Waals surface area contributed by atoms with Crippen molar-refractivity contribution < 1.29 is 9.84 Å². The molecule has 0 aromatic carbocycles. The van der Waals surface area contributed by atoms with E-state index in [4.69, 9.17) is 9.84 Å². The zero-order valence-electron chi connectivity index (χ0n) is 4.48. The van der Waals surface area contributed by atoms with Gasteiger partial charge in [0, 0.05) is 6.61 Å². The van der Waals surface area contributed by atoms with Gasteiger partial charge in [-0.2, -0.15) is 0 Å². The van der Waals surface area contributed by atoms with Crippen LogP contribution in [0.3, 0.4) is 0 Å². The highest BCUT2D eigenvalue weighted by Crippen LogP contribution is 1.63. The molecule has 0 aliphatic rings. The van der Waals surface area contributed by atoms with Crippen LogP contribution in [0.4, 0.5) is 0 Å². The molecule has 0 spiro atoms. The van der Waals surface area contributed by atoms with Gasteiger partial charge in [0.05, 0.1) is 13.5 Å². The van der Waals surface area contributed by atoms with Crippen molar-refractivity contribution in [3.8, 4) is 0 Å². The Bertz CT molecular complexity index is 28.9. The monoisotopic (exact) mass is 105 g/mol. The maximum atomic E-state index is 8.10. The number of rotatable bonds is 4. The van der Waals surface area contributed by atoms with Crippen LogP contribution in [0.5, 0.6) is 0 Å². The number of ether oxygens (including phenoxy) is 1. The highest BCUT2D eigenvalue weighted by Gasteiger charge is 1.75. The van der Waals surface area contributed by atoms with Gasteiger partial charge in [-0.15, -0.1) is 0 Å². The van der Waals surface area contributed by atoms with Crippen molar-refractivity contribution >= 4 is 0 Å². The summed E-state index contributed by atoms with van der Waals surface area (Å²) >= 11 is 0. The van der Waals surface area contributed by atoms with Gasteiger partial charge < -0.3 is 9.84 Å². The molecule has 3 nitrogen and oxygen atoms in total. The Morgan fingerprint density at radius 3 is 2.86 bits per heavy atom. The molecule has 44 valence electrons. The second kappa shape index (κ2) is 5.88. The van der Waals surface area contributed by atoms with Crippen LogP contribution in [-0.4, -0.2) is 25.2 Å². The molecule has 0 unspecified atom stereocenters. The Morgan fingerprint density at radius 2 is 2.43 bits per heavy atom. The van der Waals surface area contributed by atoms with Crippen molar-refractivity contribution in [3.05, 3.63) is 0 Å². The maximum Gasteiger partial charge on any atom is 0.0982 e. The van der Waals surface area contributed by atoms with Gasteiger partial charge in [0.25, 0.3) is 0 Å². The molecule has 0 radical (unpaired) electrons. The Labute approximate surface area is 43.3 Å². The van der Waals surface area contributed by atoms with Crippen LogP contribution in [0.2, 0.25) is 0 Å². The van der Waals surface area contributed by atoms with Gasteiger partial charge >= 0.3 is 0 Å². The molecular formula is C4H11NO2. The molecule has 0 saturated carbocycles. The van der Waals surface area contributed by atoms with Crippen molar-refractivity contribution in [1.29, 1.82) is 0 Å². The highest BCUT2D eigenvalue weighted by molar-refractivity contribution is 4.18. The summed E-state index contributed by atoms with van der Waals surface area (Å²) in [4.78, 5) is 0. The van der Waals surface area contributed by atoms with Gasteiger partial charge in [-0.25, -0.2) is 0 Å². The molecule has 0 aromatic rings. The second-order valence-corrected chi connectivity index (χ2v) is 1.05. The molecule has 0 rings (SSSR count). The molecule has 0 atom stereocenters. The second-order valence-electron chi connectivity index (χ2n) is 1.05. The minimum Gasteiger partial charge on any atom is -0.381 e. The van der Waals surface area contributed by atoms with Gasteiger partial charge in [0.15, 0.2) is 0 Å². The highest BCUT2D eigenvalue weighted by atomic mass is 16.5. The van der Waals surface area contributed by atoms with E-state index in [1.807, 2.05) is 6.92 Å². The van der Waals surface area contributed by atoms with Gasteiger partial charge in [-0.1, -0.05) is 0 Å². The van der Waals surface area contributed by atoms with Crippen molar-refractivity contribution in [2.75, 3.05) is 20.1 Å². The lowest BCUT2D eigenvalue weighted by Crippen LogP contribution is -2.18. The van der Waals surface area contributed by atoms with E-state index in [9.17, 15) is 0 Å². The predicted molar refractivity (Wildman–Crippen MR) is 26.7 cm³/mol. The van der Waals surface area contributed by atoms with Crippen molar-refractivity contribution in [1.82, 2.24) is 5.32 Å². The first-order valence-corrected chi connectivity index (χ1v) is 2.31. The summed E-state index contributed by atoms with van der Waals surface area (Å²) in [5, 5.41) is 10.7. The summed E-state index contributed by atoms with van der Waals surface area (Å²) < 4.78 is 4.80. The smallest absolute Gasteiger partial charge is 0.0982 e. The molecule has 0 aliphatic carbocycles. The predicted octanol–water partition coefficient (Wildman–Crippen LogP) is -0.480. The fourth-order valence-corrected chi connectivity index (χ4v) is 0.220. The van der Waals surface area contributed by atoms with Crippen LogP contribution in [0.1, 0.15) is 6.92 Å². The van der Waals surface area contributed by atoms with E-state index in [1.54, 1.807) is 0 Å². The Morgan fingerprint density at radius 1 is 1.71 bits per heavy atom. The van der Waals surface area contributed by atoms with Crippen LogP contribution in [0, 0.1) is 0 Å². The van der Waals surface area contributed by atoms with Crippen LogP contribution < -0.4 is 5.32 Å². The van der Waals surface area contributed by atoms with E-state index >= 15 is 0 Å². The molecule has 0 bridgehead atoms. The van der Waals surface area contributed by atoms with E-state index in [2.05, 4.69) is 5.32 Å². The molecular weight excluding hydrogens is 94.0 g/mol. The third-order valence-corrected chi connectivity index (χ3v) is 0.520. The SMILES string of the molecule is CCOCNCO. The van der Waals surface area contributed by atoms with Gasteiger partial charge in [-0.3, -0.25) is 5.32 Å². The Balaban J connectivity index is 2.45. The van der Waals surface area contributed by atoms with E-state index in [0.29, 0.717) is 13.3 Å². The molecule has 0 heterocycles. The topological polar surface area (TPSA) is 41.5 Å². The third kappa shape index (κ3) is 5.88. The van der Waals surface area contributed by atoms with Crippen molar-refractivity contribution in [3.63, 3.8) is 0 Å². The van der Waals surface area contributed by atoms with Gasteiger partial charge in [-0.05, 0) is 6.92 Å². The molecule has 0 fully saturated rings. The van der Waals surface area contributed by atoms with Crippen molar-refractivity contribution in [2.45, 2.75) is 6.92 Å². The largest absolute Gasteiger partial charge is 0.381 e. The lowest BCUT2D eigenvalue weighted by atomic mass is 10.9. The first-order valence-electron chi connectivity index (χ1n) is 2.31. The summed E-state index contributed by atoms with van der Waals surface area (Å²) in [7, 11) is 0. The average molecular weight is 105 g/mol. The van der Waals surface area contributed by atoms with E-state index in [1.165, 1.54) is 0 Å². The van der Waals surface area contributed by atoms with Crippen LogP contribution >= 0.6 is 0 Å². The number of aliphatic hydroxyl groups is 1. The normalized spacial score (nSPS) is 9.43. The molecule has 7 heavy (non-hydrogen) atoms. The quantitative estimate of drug-likeness (QED) is 0.375. The molecule has 2 N–H and O–H groups in total. The molecule has 0 saturated heterocycles. The first kappa shape index (κ1) is 6.88. The summed E-state index contributed by atoms with van der Waals surface area (Å²) in [5.41, 5.74) is 0. The summed E-state index contributed by atoms with van der Waals surface area (Å²) in [5.74, 6) is 0. The lowest BCUT2D eigenvalue weighted by Gasteiger charge is -1.97. The summed E-state index contributed by atoms with van der Waals surface area (Å²) in [6.45, 7) is 3.01. The van der Waals surface area contributed by atoms with Crippen LogP contribution in [-0.2, 0) is 4.74 Å². The molecule has 0 aliphatic heterocycles. The standard InChI is InChI=1S/C4H11NO2/c1-2-7-4-5-3-6/h5-6H,2-4H2,1H3. The lowest BCUT2D eigenvalue weighted by molar-refractivity contribution is 0.103. The Hall–Kier alpha value is -0.120. The Kier molecular flexibility index (Phi) is 5.78. The zero-order valence-corrected chi connectivity index (χ0v) is 4.48. The summed E-state index contributed by atoms with van der Waals surface area (Å²) in [6, 6.07) is 0. The van der Waals surface area contributed by atoms with Crippen LogP contribution in [0.25, 0.3) is 0 Å². The third-order valence-electron chi connectivity index (χ3n) is 0.520. The minimum absolute atomic E-state index is 0.0139. The van der Waals surface area contributed by atoms with E-state index in [0.717, 1.165) is 0 Å². The van der Waals surface area contributed by atoms with E-state index < -0.39 is 0 Å². The molecule has 0 aromatic heterocycles. The average Bonchev–Trinajstić information content (AvgIpc) is 1.69. The van der Waals surface area contributed by atoms with Gasteiger partial charge in [0.2, 0.25) is 0 Å². The number of hydrogen-bond acceptors (Lipinski definition) is 3. The zero-order chi connectivity index (χ0) is 5.54. The number of nitrogens with one attached hydrogen (secondary N) is 1. The molecule has 0 amide bonds. The fraction of sp³-hybridized carbons (Fsp3) is 1.00. The minimum atomic E-state index is -0.0139. The first-order chi connectivity index (χ1) is 3.41. The van der Waals surface area contributed by atoms with E-state index in [-0.39, 0.29) is 6.73 Å². The number of hydrogen-bond donors (Lipinski definition) is 2. The van der Waals surface area contributed by atoms with Crippen molar-refractivity contribution in [2.24, 2.45) is 0 Å². The summed E-state index contributed by atoms with van der Waals surface area (Å²) in [6.07, 6.45) is 0. The van der Waals surface area contributed by atoms with Gasteiger partial charge in [0.1, 0.15) is 0 Å². The fourth-order valence-electron chi connectivity index (χ4n) is 0.220. The molecule has 3 heteroatoms. The number of aliphatic hydroxyl groups excluding tert-OH is 1. The maximum absolute atomic E-state index is 8.10. The van der Waals surface area contributed by atoms with Crippen LogP contribution in [0.15, 0.2) is 0 Å².